The number of hydrogen-bond acceptors (Lipinski definition) is 6. The zero-order valence-electron chi connectivity index (χ0n) is 18.8. The Labute approximate surface area is 195 Å². The van der Waals surface area contributed by atoms with Gasteiger partial charge in [-0.1, -0.05) is 45.0 Å². The molecule has 0 bridgehead atoms. The zero-order valence-corrected chi connectivity index (χ0v) is 19.6. The van der Waals surface area contributed by atoms with Gasteiger partial charge in [0.2, 0.25) is 0 Å². The molecule has 0 radical (unpaired) electrons. The number of benzene rings is 2. The molecule has 8 heteroatoms. The third-order valence-corrected chi connectivity index (χ3v) is 6.12. The van der Waals surface area contributed by atoms with E-state index in [0.717, 1.165) is 23.6 Å². The molecule has 172 valence electrons. The van der Waals surface area contributed by atoms with Crippen LogP contribution in [0.15, 0.2) is 52.9 Å². The highest BCUT2D eigenvalue weighted by Crippen LogP contribution is 2.39. The highest BCUT2D eigenvalue weighted by Gasteiger charge is 2.17. The Bertz CT molecular complexity index is 1190. The van der Waals surface area contributed by atoms with Gasteiger partial charge in [-0.2, -0.15) is 5.10 Å². The monoisotopic (exact) mass is 468 g/mol. The van der Waals surface area contributed by atoms with Gasteiger partial charge in [-0.05, 0) is 40.1 Å². The van der Waals surface area contributed by atoms with Gasteiger partial charge >= 0.3 is 5.97 Å². The first-order valence-corrected chi connectivity index (χ1v) is 11.1. The van der Waals surface area contributed by atoms with E-state index in [9.17, 15) is 19.1 Å². The number of carbonyl (C=O) groups is 2. The number of hydrogen-bond donors (Lipinski definition) is 2. The number of esters is 1. The van der Waals surface area contributed by atoms with Crippen LogP contribution in [0.3, 0.4) is 0 Å². The predicted molar refractivity (Wildman–Crippen MR) is 128 cm³/mol. The normalized spacial score (nSPS) is 11.5. The first kappa shape index (κ1) is 24.1. The van der Waals surface area contributed by atoms with Crippen LogP contribution in [-0.2, 0) is 16.6 Å². The van der Waals surface area contributed by atoms with E-state index in [1.807, 2.05) is 17.5 Å². The fourth-order valence-corrected chi connectivity index (χ4v) is 4.09. The van der Waals surface area contributed by atoms with Gasteiger partial charge in [0.25, 0.3) is 5.91 Å². The van der Waals surface area contributed by atoms with Crippen molar-refractivity contribution in [3.05, 3.63) is 75.9 Å². The fourth-order valence-electron chi connectivity index (χ4n) is 3.10. The molecular formula is C25H25FN2O4S. The molecule has 2 aromatic carbocycles. The number of rotatable bonds is 6. The molecule has 2 N–H and O–H groups in total. The van der Waals surface area contributed by atoms with Crippen LogP contribution in [0.5, 0.6) is 5.75 Å². The summed E-state index contributed by atoms with van der Waals surface area (Å²) in [6.45, 7) is 6.44. The molecule has 0 fully saturated rings. The number of nitrogens with one attached hydrogen (secondary N) is 1. The second-order valence-electron chi connectivity index (χ2n) is 8.41. The smallest absolute Gasteiger partial charge is 0.340 e. The molecule has 3 aromatic rings. The number of nitrogens with zero attached hydrogens (tertiary/aromatic N) is 1. The van der Waals surface area contributed by atoms with Crippen LogP contribution in [0.25, 0.3) is 10.4 Å². The van der Waals surface area contributed by atoms with Gasteiger partial charge < -0.3 is 9.84 Å². The zero-order chi connectivity index (χ0) is 24.2. The molecule has 0 spiro atoms. The van der Waals surface area contributed by atoms with E-state index in [1.165, 1.54) is 35.2 Å². The number of amides is 1. The highest BCUT2D eigenvalue weighted by molar-refractivity contribution is 7.14. The number of methoxy groups -OCH3 is 1. The molecule has 1 aromatic heterocycles. The van der Waals surface area contributed by atoms with Crippen molar-refractivity contribution in [2.24, 2.45) is 5.10 Å². The molecule has 0 saturated carbocycles. The Balaban J connectivity index is 1.62. The molecule has 0 saturated heterocycles. The van der Waals surface area contributed by atoms with Gasteiger partial charge in [-0.25, -0.2) is 14.6 Å². The number of hydrazone groups is 1. The lowest BCUT2D eigenvalue weighted by Gasteiger charge is -2.19. The lowest BCUT2D eigenvalue weighted by molar-refractivity contribution is 0.0595. The van der Waals surface area contributed by atoms with Gasteiger partial charge in [0, 0.05) is 23.8 Å². The minimum atomic E-state index is -0.857. The standard InChI is InChI=1S/C25H25FN2O4S/c1-25(2,3)18-8-5-15(6-9-18)22-21(29)17(14-33-22)11-12-27-28-23(30)16-7-10-19(20(26)13-16)24(31)32-4/h5-10,12-14,29H,11H2,1-4H3,(H,28,30). The molecule has 33 heavy (non-hydrogen) atoms. The summed E-state index contributed by atoms with van der Waals surface area (Å²) in [7, 11) is 1.15. The highest BCUT2D eigenvalue weighted by atomic mass is 32.1. The molecule has 0 aliphatic rings. The Hall–Kier alpha value is -3.52. The maximum atomic E-state index is 14.0. The van der Waals surface area contributed by atoms with Crippen LogP contribution in [0.1, 0.15) is 52.6 Å². The van der Waals surface area contributed by atoms with Gasteiger partial charge in [-0.3, -0.25) is 4.79 Å². The number of aromatic hydroxyl groups is 1. The average molecular weight is 469 g/mol. The van der Waals surface area contributed by atoms with Gasteiger partial charge in [0.05, 0.1) is 17.6 Å². The summed E-state index contributed by atoms with van der Waals surface area (Å²) in [5.74, 6) is -2.13. The summed E-state index contributed by atoms with van der Waals surface area (Å²) in [5, 5.41) is 16.3. The predicted octanol–water partition coefficient (Wildman–Crippen LogP) is 5.30. The molecule has 0 aliphatic heterocycles. The lowest BCUT2D eigenvalue weighted by atomic mass is 9.86. The molecule has 6 nitrogen and oxygen atoms in total. The topological polar surface area (TPSA) is 88.0 Å². The van der Waals surface area contributed by atoms with E-state index in [0.29, 0.717) is 12.0 Å². The molecule has 0 unspecified atom stereocenters. The average Bonchev–Trinajstić information content (AvgIpc) is 3.15. The van der Waals surface area contributed by atoms with Crippen LogP contribution < -0.4 is 5.43 Å². The summed E-state index contributed by atoms with van der Waals surface area (Å²) in [4.78, 5) is 24.4. The lowest BCUT2D eigenvalue weighted by Crippen LogP contribution is -2.18. The number of carbonyl (C=O) groups excluding carboxylic acids is 2. The fraction of sp³-hybridized carbons (Fsp3) is 0.240. The first-order valence-electron chi connectivity index (χ1n) is 10.2. The van der Waals surface area contributed by atoms with Crippen molar-refractivity contribution in [2.75, 3.05) is 7.11 Å². The Kier molecular flexibility index (Phi) is 7.28. The molecule has 1 heterocycles. The van der Waals surface area contributed by atoms with Crippen LogP contribution in [0, 0.1) is 5.82 Å². The third-order valence-electron chi connectivity index (χ3n) is 5.06. The van der Waals surface area contributed by atoms with Gasteiger partial charge in [-0.15, -0.1) is 11.3 Å². The van der Waals surface area contributed by atoms with Crippen molar-refractivity contribution in [3.8, 4) is 16.2 Å². The van der Waals surface area contributed by atoms with Crippen LogP contribution >= 0.6 is 11.3 Å². The quantitative estimate of drug-likeness (QED) is 0.292. The molecule has 1 amide bonds. The van der Waals surface area contributed by atoms with E-state index in [-0.39, 0.29) is 22.3 Å². The van der Waals surface area contributed by atoms with Crippen molar-refractivity contribution in [2.45, 2.75) is 32.6 Å². The summed E-state index contributed by atoms with van der Waals surface area (Å²) < 4.78 is 18.5. The number of halogens is 1. The van der Waals surface area contributed by atoms with Crippen molar-refractivity contribution in [1.82, 2.24) is 5.43 Å². The Morgan fingerprint density at radius 1 is 1.18 bits per heavy atom. The summed E-state index contributed by atoms with van der Waals surface area (Å²) >= 11 is 1.43. The molecule has 0 aliphatic carbocycles. The van der Waals surface area contributed by atoms with E-state index >= 15 is 0 Å². The van der Waals surface area contributed by atoms with Gasteiger partial charge in [0.1, 0.15) is 11.6 Å². The summed E-state index contributed by atoms with van der Waals surface area (Å²) in [6, 6.07) is 11.5. The minimum Gasteiger partial charge on any atom is -0.506 e. The largest absolute Gasteiger partial charge is 0.506 e. The van der Waals surface area contributed by atoms with Crippen molar-refractivity contribution in [3.63, 3.8) is 0 Å². The third kappa shape index (κ3) is 5.64. The molecule has 0 atom stereocenters. The van der Waals surface area contributed by atoms with E-state index < -0.39 is 17.7 Å². The first-order chi connectivity index (χ1) is 15.6. The van der Waals surface area contributed by atoms with E-state index in [1.54, 1.807) is 0 Å². The summed E-state index contributed by atoms with van der Waals surface area (Å²) in [5.41, 5.74) is 4.94. The summed E-state index contributed by atoms with van der Waals surface area (Å²) in [6.07, 6.45) is 1.75. The maximum absolute atomic E-state index is 14.0. The van der Waals surface area contributed by atoms with Crippen molar-refractivity contribution < 1.29 is 23.8 Å². The van der Waals surface area contributed by atoms with Crippen molar-refractivity contribution >= 4 is 29.4 Å². The van der Waals surface area contributed by atoms with Gasteiger partial charge in [0.15, 0.2) is 0 Å². The van der Waals surface area contributed by atoms with Crippen LogP contribution in [-0.4, -0.2) is 30.3 Å². The molecular weight excluding hydrogens is 443 g/mol. The number of thiophene rings is 1. The van der Waals surface area contributed by atoms with Crippen LogP contribution in [0.2, 0.25) is 0 Å². The molecule has 3 rings (SSSR count). The second kappa shape index (κ2) is 9.95. The number of ether oxygens (including phenoxy) is 1. The Morgan fingerprint density at radius 2 is 1.88 bits per heavy atom. The van der Waals surface area contributed by atoms with Crippen LogP contribution in [0.4, 0.5) is 4.39 Å². The minimum absolute atomic E-state index is 0.0108. The van der Waals surface area contributed by atoms with E-state index in [2.05, 4.69) is 48.2 Å². The SMILES string of the molecule is COC(=O)c1ccc(C(=O)NN=CCc2csc(-c3ccc(C(C)(C)C)cc3)c2O)cc1F. The maximum Gasteiger partial charge on any atom is 0.340 e. The second-order valence-corrected chi connectivity index (χ2v) is 9.29. The van der Waals surface area contributed by atoms with Crippen molar-refractivity contribution in [1.29, 1.82) is 0 Å². The van der Waals surface area contributed by atoms with E-state index in [4.69, 9.17) is 0 Å². The Morgan fingerprint density at radius 3 is 2.48 bits per heavy atom.